The minimum Gasteiger partial charge on any atom is -0.489 e. The Morgan fingerprint density at radius 2 is 1.89 bits per heavy atom. The van der Waals surface area contributed by atoms with E-state index in [0.717, 1.165) is 23.3 Å². The number of hydrogen-bond donors (Lipinski definition) is 1. The van der Waals surface area contributed by atoms with Crippen molar-refractivity contribution in [1.29, 1.82) is 0 Å². The van der Waals surface area contributed by atoms with Crippen molar-refractivity contribution in [2.75, 3.05) is 6.54 Å². The average molecular weight is 320 g/mol. The highest BCUT2D eigenvalue weighted by Crippen LogP contribution is 2.23. The fourth-order valence-electron chi connectivity index (χ4n) is 1.78. The van der Waals surface area contributed by atoms with E-state index in [1.807, 2.05) is 30.3 Å². The standard InChI is InChI=1S/C16H18BrNO/c1-2-18-11-14-10-15(8-9-16(14)17)19-12-13-6-4-3-5-7-13/h3-10,18H,2,11-12H2,1H3. The van der Waals surface area contributed by atoms with Crippen LogP contribution in [0.25, 0.3) is 0 Å². The molecule has 0 saturated carbocycles. The van der Waals surface area contributed by atoms with Gasteiger partial charge in [-0.1, -0.05) is 53.2 Å². The van der Waals surface area contributed by atoms with Crippen molar-refractivity contribution < 1.29 is 4.74 Å². The van der Waals surface area contributed by atoms with Crippen LogP contribution in [0.15, 0.2) is 53.0 Å². The molecule has 2 nitrogen and oxygen atoms in total. The molecule has 2 aromatic rings. The molecular formula is C16H18BrNO. The molecule has 0 aromatic heterocycles. The number of hydrogen-bond acceptors (Lipinski definition) is 2. The monoisotopic (exact) mass is 319 g/mol. The zero-order valence-corrected chi connectivity index (χ0v) is 12.6. The molecule has 2 aromatic carbocycles. The maximum absolute atomic E-state index is 5.82. The second-order valence-electron chi connectivity index (χ2n) is 4.31. The maximum atomic E-state index is 5.82. The van der Waals surface area contributed by atoms with Gasteiger partial charge in [-0.25, -0.2) is 0 Å². The molecule has 0 radical (unpaired) electrons. The highest BCUT2D eigenvalue weighted by molar-refractivity contribution is 9.10. The van der Waals surface area contributed by atoms with Gasteiger partial charge in [0.2, 0.25) is 0 Å². The fraction of sp³-hybridized carbons (Fsp3) is 0.250. The molecule has 3 heteroatoms. The van der Waals surface area contributed by atoms with Gasteiger partial charge < -0.3 is 10.1 Å². The molecule has 0 bridgehead atoms. The van der Waals surface area contributed by atoms with Crippen LogP contribution in [0.4, 0.5) is 0 Å². The van der Waals surface area contributed by atoms with Gasteiger partial charge in [0.25, 0.3) is 0 Å². The van der Waals surface area contributed by atoms with E-state index in [-0.39, 0.29) is 0 Å². The van der Waals surface area contributed by atoms with E-state index in [1.54, 1.807) is 0 Å². The predicted molar refractivity (Wildman–Crippen MR) is 82.3 cm³/mol. The lowest BCUT2D eigenvalue weighted by molar-refractivity contribution is 0.306. The van der Waals surface area contributed by atoms with Crippen molar-refractivity contribution in [3.8, 4) is 5.75 Å². The second-order valence-corrected chi connectivity index (χ2v) is 5.16. The molecule has 0 spiro atoms. The highest BCUT2D eigenvalue weighted by atomic mass is 79.9. The van der Waals surface area contributed by atoms with Crippen LogP contribution < -0.4 is 10.1 Å². The van der Waals surface area contributed by atoms with Crippen LogP contribution in [0.3, 0.4) is 0 Å². The van der Waals surface area contributed by atoms with Crippen molar-refractivity contribution in [1.82, 2.24) is 5.32 Å². The highest BCUT2D eigenvalue weighted by Gasteiger charge is 2.02. The molecule has 2 rings (SSSR count). The summed E-state index contributed by atoms with van der Waals surface area (Å²) in [7, 11) is 0. The molecule has 0 amide bonds. The van der Waals surface area contributed by atoms with E-state index >= 15 is 0 Å². The van der Waals surface area contributed by atoms with Gasteiger partial charge in [0.15, 0.2) is 0 Å². The first kappa shape index (κ1) is 14.1. The van der Waals surface area contributed by atoms with E-state index in [4.69, 9.17) is 4.74 Å². The summed E-state index contributed by atoms with van der Waals surface area (Å²) in [5.41, 5.74) is 2.39. The van der Waals surface area contributed by atoms with E-state index in [2.05, 4.69) is 46.4 Å². The molecule has 0 unspecified atom stereocenters. The first-order chi connectivity index (χ1) is 9.29. The minimum atomic E-state index is 0.600. The summed E-state index contributed by atoms with van der Waals surface area (Å²) in [6, 6.07) is 16.3. The van der Waals surface area contributed by atoms with Crippen molar-refractivity contribution in [2.24, 2.45) is 0 Å². The zero-order chi connectivity index (χ0) is 13.5. The minimum absolute atomic E-state index is 0.600. The number of nitrogens with one attached hydrogen (secondary N) is 1. The van der Waals surface area contributed by atoms with Crippen LogP contribution >= 0.6 is 15.9 Å². The Bertz CT molecular complexity index is 513. The van der Waals surface area contributed by atoms with Crippen LogP contribution in [-0.2, 0) is 13.2 Å². The van der Waals surface area contributed by atoms with Gasteiger partial charge in [0.1, 0.15) is 12.4 Å². The van der Waals surface area contributed by atoms with Crippen LogP contribution in [0.1, 0.15) is 18.1 Å². The van der Waals surface area contributed by atoms with Crippen LogP contribution in [0.2, 0.25) is 0 Å². The largest absolute Gasteiger partial charge is 0.489 e. The number of benzene rings is 2. The molecule has 0 fully saturated rings. The lowest BCUT2D eigenvalue weighted by Crippen LogP contribution is -2.12. The van der Waals surface area contributed by atoms with Gasteiger partial charge in [0.05, 0.1) is 0 Å². The van der Waals surface area contributed by atoms with Gasteiger partial charge in [-0.15, -0.1) is 0 Å². The number of halogens is 1. The van der Waals surface area contributed by atoms with E-state index in [9.17, 15) is 0 Å². The molecule has 0 aliphatic rings. The van der Waals surface area contributed by atoms with Crippen molar-refractivity contribution in [3.63, 3.8) is 0 Å². The summed E-state index contributed by atoms with van der Waals surface area (Å²) in [4.78, 5) is 0. The lowest BCUT2D eigenvalue weighted by Gasteiger charge is -2.10. The second kappa shape index (κ2) is 7.31. The molecule has 0 heterocycles. The zero-order valence-electron chi connectivity index (χ0n) is 11.0. The number of rotatable bonds is 6. The number of ether oxygens (including phenoxy) is 1. The van der Waals surface area contributed by atoms with E-state index < -0.39 is 0 Å². The smallest absolute Gasteiger partial charge is 0.120 e. The van der Waals surface area contributed by atoms with Crippen molar-refractivity contribution in [2.45, 2.75) is 20.1 Å². The maximum Gasteiger partial charge on any atom is 0.120 e. The molecule has 1 N–H and O–H groups in total. The Morgan fingerprint density at radius 1 is 1.11 bits per heavy atom. The summed E-state index contributed by atoms with van der Waals surface area (Å²) in [5, 5.41) is 3.32. The summed E-state index contributed by atoms with van der Waals surface area (Å²) in [6.07, 6.45) is 0. The molecule has 0 saturated heterocycles. The molecule has 100 valence electrons. The van der Waals surface area contributed by atoms with Crippen molar-refractivity contribution in [3.05, 3.63) is 64.1 Å². The Kier molecular flexibility index (Phi) is 5.43. The molecular weight excluding hydrogens is 302 g/mol. The normalized spacial score (nSPS) is 10.4. The average Bonchev–Trinajstić information content (AvgIpc) is 2.46. The molecule has 0 aliphatic heterocycles. The third-order valence-electron chi connectivity index (χ3n) is 2.83. The first-order valence-corrected chi connectivity index (χ1v) is 7.24. The van der Waals surface area contributed by atoms with Crippen molar-refractivity contribution >= 4 is 15.9 Å². The van der Waals surface area contributed by atoms with Gasteiger partial charge in [-0.3, -0.25) is 0 Å². The van der Waals surface area contributed by atoms with E-state index in [0.29, 0.717) is 6.61 Å². The topological polar surface area (TPSA) is 21.3 Å². The molecule has 0 aliphatic carbocycles. The van der Waals surface area contributed by atoms with Crippen LogP contribution in [-0.4, -0.2) is 6.54 Å². The SMILES string of the molecule is CCNCc1cc(OCc2ccccc2)ccc1Br. The Morgan fingerprint density at radius 3 is 2.63 bits per heavy atom. The third-order valence-corrected chi connectivity index (χ3v) is 3.60. The van der Waals surface area contributed by atoms with Crippen LogP contribution in [0.5, 0.6) is 5.75 Å². The lowest BCUT2D eigenvalue weighted by atomic mass is 10.2. The molecule has 19 heavy (non-hydrogen) atoms. The Balaban J connectivity index is 2.00. The van der Waals surface area contributed by atoms with Gasteiger partial charge in [-0.2, -0.15) is 0 Å². The molecule has 0 atom stereocenters. The first-order valence-electron chi connectivity index (χ1n) is 6.45. The summed E-state index contributed by atoms with van der Waals surface area (Å²) < 4.78 is 6.93. The van der Waals surface area contributed by atoms with Gasteiger partial charge >= 0.3 is 0 Å². The quantitative estimate of drug-likeness (QED) is 0.864. The van der Waals surface area contributed by atoms with Crippen LogP contribution in [0, 0.1) is 0 Å². The fourth-order valence-corrected chi connectivity index (χ4v) is 2.16. The van der Waals surface area contributed by atoms with E-state index in [1.165, 1.54) is 11.1 Å². The Labute approximate surface area is 122 Å². The van der Waals surface area contributed by atoms with Gasteiger partial charge in [0, 0.05) is 11.0 Å². The van der Waals surface area contributed by atoms with Gasteiger partial charge in [-0.05, 0) is 35.9 Å². The third kappa shape index (κ3) is 4.37. The Hall–Kier alpha value is -1.32. The summed E-state index contributed by atoms with van der Waals surface area (Å²) in [6.45, 7) is 4.51. The summed E-state index contributed by atoms with van der Waals surface area (Å²) >= 11 is 3.56. The summed E-state index contributed by atoms with van der Waals surface area (Å²) in [5.74, 6) is 0.903. The predicted octanol–water partition coefficient (Wildman–Crippen LogP) is 4.14.